The number of nitrogens with zero attached hydrogens (tertiary/aromatic N) is 4. The Hall–Kier alpha value is -4.46. The number of phenolic OH excluding ortho intramolecular Hbond substituents is 1. The molecule has 0 unspecified atom stereocenters. The van der Waals surface area contributed by atoms with Gasteiger partial charge in [0.05, 0.1) is 23.1 Å². The topological polar surface area (TPSA) is 95.4 Å². The van der Waals surface area contributed by atoms with Crippen molar-refractivity contribution in [2.24, 2.45) is 7.05 Å². The molecule has 0 fully saturated rings. The van der Waals surface area contributed by atoms with Gasteiger partial charge in [-0.2, -0.15) is 5.10 Å². The van der Waals surface area contributed by atoms with E-state index in [1.165, 1.54) is 12.1 Å². The van der Waals surface area contributed by atoms with E-state index in [4.69, 9.17) is 0 Å². The van der Waals surface area contributed by atoms with Gasteiger partial charge in [0.2, 0.25) is 0 Å². The van der Waals surface area contributed by atoms with E-state index in [-0.39, 0.29) is 5.75 Å². The second-order valence-corrected chi connectivity index (χ2v) is 8.08. The van der Waals surface area contributed by atoms with Gasteiger partial charge in [-0.25, -0.2) is 14.4 Å². The SMILES string of the molecule is Cc1ncc(-c2ccc3[nH]nc(-c4cc5c(-c6cc(O)cc(F)c6)ccnc5[nH]4)c3c2)n1C. The van der Waals surface area contributed by atoms with Crippen molar-refractivity contribution >= 4 is 21.9 Å². The lowest BCUT2D eigenvalue weighted by atomic mass is 10.0. The molecule has 0 atom stereocenters. The van der Waals surface area contributed by atoms with Crippen LogP contribution >= 0.6 is 0 Å². The summed E-state index contributed by atoms with van der Waals surface area (Å²) in [4.78, 5) is 12.2. The summed E-state index contributed by atoms with van der Waals surface area (Å²) in [5, 5.41) is 19.3. The third-order valence-corrected chi connectivity index (χ3v) is 6.06. The van der Waals surface area contributed by atoms with E-state index < -0.39 is 5.82 Å². The number of fused-ring (bicyclic) bond motifs is 2. The van der Waals surface area contributed by atoms with E-state index in [2.05, 4.69) is 35.8 Å². The Bertz CT molecular complexity index is 1660. The van der Waals surface area contributed by atoms with Crippen molar-refractivity contribution in [1.82, 2.24) is 29.7 Å². The maximum atomic E-state index is 13.9. The largest absolute Gasteiger partial charge is 0.508 e. The van der Waals surface area contributed by atoms with Crippen molar-refractivity contribution < 1.29 is 9.50 Å². The Morgan fingerprint density at radius 1 is 0.970 bits per heavy atom. The summed E-state index contributed by atoms with van der Waals surface area (Å²) in [6.07, 6.45) is 3.52. The number of nitrogens with one attached hydrogen (secondary N) is 2. The quantitative estimate of drug-likeness (QED) is 0.348. The molecule has 7 nitrogen and oxygen atoms in total. The molecule has 0 aliphatic carbocycles. The molecule has 0 spiro atoms. The Kier molecular flexibility index (Phi) is 4.10. The molecular weight excluding hydrogens is 419 g/mol. The highest BCUT2D eigenvalue weighted by Gasteiger charge is 2.16. The number of aromatic amines is 2. The number of phenols is 1. The van der Waals surface area contributed by atoms with E-state index in [0.717, 1.165) is 56.4 Å². The van der Waals surface area contributed by atoms with E-state index in [1.807, 2.05) is 38.4 Å². The molecule has 0 bridgehead atoms. The smallest absolute Gasteiger partial charge is 0.138 e. The maximum absolute atomic E-state index is 13.9. The van der Waals surface area contributed by atoms with Gasteiger partial charge < -0.3 is 14.7 Å². The molecule has 8 heteroatoms. The lowest BCUT2D eigenvalue weighted by molar-refractivity contribution is 0.469. The Morgan fingerprint density at radius 2 is 1.85 bits per heavy atom. The number of pyridine rings is 1. The summed E-state index contributed by atoms with van der Waals surface area (Å²) in [7, 11) is 1.99. The van der Waals surface area contributed by atoms with Crippen LogP contribution in [0, 0.1) is 12.7 Å². The van der Waals surface area contributed by atoms with Crippen LogP contribution in [-0.4, -0.2) is 34.8 Å². The van der Waals surface area contributed by atoms with E-state index in [1.54, 1.807) is 12.3 Å². The summed E-state index contributed by atoms with van der Waals surface area (Å²) in [5.74, 6) is 0.319. The summed E-state index contributed by atoms with van der Waals surface area (Å²) in [6.45, 7) is 1.97. The highest BCUT2D eigenvalue weighted by Crippen LogP contribution is 2.35. The van der Waals surface area contributed by atoms with Crippen molar-refractivity contribution in [3.05, 3.63) is 72.6 Å². The van der Waals surface area contributed by atoms with Gasteiger partial charge in [0.15, 0.2) is 0 Å². The van der Waals surface area contributed by atoms with Crippen LogP contribution < -0.4 is 0 Å². The molecule has 4 aromatic heterocycles. The number of halogens is 1. The first-order chi connectivity index (χ1) is 16.0. The van der Waals surface area contributed by atoms with Crippen LogP contribution in [0.1, 0.15) is 5.82 Å². The first kappa shape index (κ1) is 19.2. The zero-order chi connectivity index (χ0) is 22.7. The molecule has 3 N–H and O–H groups in total. The van der Waals surface area contributed by atoms with Gasteiger partial charge in [0.1, 0.15) is 28.7 Å². The average molecular weight is 438 g/mol. The molecule has 0 aliphatic rings. The molecule has 33 heavy (non-hydrogen) atoms. The molecule has 2 aromatic carbocycles. The second-order valence-electron chi connectivity index (χ2n) is 8.08. The number of aryl methyl sites for hydroxylation is 1. The fraction of sp³-hybridized carbons (Fsp3) is 0.0800. The summed E-state index contributed by atoms with van der Waals surface area (Å²) < 4.78 is 16.0. The molecule has 0 aliphatic heterocycles. The third kappa shape index (κ3) is 3.07. The lowest BCUT2D eigenvalue weighted by Crippen LogP contribution is -1.94. The highest BCUT2D eigenvalue weighted by atomic mass is 19.1. The number of imidazole rings is 1. The first-order valence-corrected chi connectivity index (χ1v) is 10.4. The van der Waals surface area contributed by atoms with Crippen LogP contribution in [-0.2, 0) is 7.05 Å². The monoisotopic (exact) mass is 438 g/mol. The van der Waals surface area contributed by atoms with Crippen molar-refractivity contribution in [1.29, 1.82) is 0 Å². The number of aromatic nitrogens is 6. The summed E-state index contributed by atoms with van der Waals surface area (Å²) in [5.41, 5.74) is 6.52. The van der Waals surface area contributed by atoms with Gasteiger partial charge in [-0.15, -0.1) is 0 Å². The molecule has 6 aromatic rings. The minimum absolute atomic E-state index is 0.123. The predicted molar refractivity (Wildman–Crippen MR) is 125 cm³/mol. The van der Waals surface area contributed by atoms with Crippen LogP contribution in [0.4, 0.5) is 4.39 Å². The maximum Gasteiger partial charge on any atom is 0.138 e. The number of benzene rings is 2. The van der Waals surface area contributed by atoms with Crippen molar-refractivity contribution in [3.8, 4) is 39.5 Å². The van der Waals surface area contributed by atoms with Crippen molar-refractivity contribution in [2.45, 2.75) is 6.92 Å². The van der Waals surface area contributed by atoms with Gasteiger partial charge in [0.25, 0.3) is 0 Å². The van der Waals surface area contributed by atoms with Gasteiger partial charge in [-0.05, 0) is 54.4 Å². The predicted octanol–water partition coefficient (Wildman–Crippen LogP) is 5.33. The number of aromatic hydroxyl groups is 1. The van der Waals surface area contributed by atoms with Crippen LogP contribution in [0.2, 0.25) is 0 Å². The summed E-state index contributed by atoms with van der Waals surface area (Å²) >= 11 is 0. The Balaban J connectivity index is 1.52. The van der Waals surface area contributed by atoms with E-state index in [0.29, 0.717) is 11.2 Å². The molecule has 0 saturated heterocycles. The molecule has 162 valence electrons. The Morgan fingerprint density at radius 3 is 2.64 bits per heavy atom. The average Bonchev–Trinajstić information content (AvgIpc) is 3.49. The molecule has 4 heterocycles. The Labute approximate surface area is 187 Å². The molecule has 0 amide bonds. The molecule has 6 rings (SSSR count). The third-order valence-electron chi connectivity index (χ3n) is 6.06. The van der Waals surface area contributed by atoms with E-state index in [9.17, 15) is 9.50 Å². The molecule has 0 radical (unpaired) electrons. The van der Waals surface area contributed by atoms with Gasteiger partial charge >= 0.3 is 0 Å². The zero-order valence-electron chi connectivity index (χ0n) is 17.9. The van der Waals surface area contributed by atoms with Crippen LogP contribution in [0.3, 0.4) is 0 Å². The van der Waals surface area contributed by atoms with Gasteiger partial charge in [0, 0.05) is 35.6 Å². The minimum atomic E-state index is -0.498. The van der Waals surface area contributed by atoms with Crippen molar-refractivity contribution in [3.63, 3.8) is 0 Å². The van der Waals surface area contributed by atoms with E-state index >= 15 is 0 Å². The van der Waals surface area contributed by atoms with Crippen LogP contribution in [0.15, 0.2) is 60.9 Å². The fourth-order valence-corrected chi connectivity index (χ4v) is 4.28. The second kappa shape index (κ2) is 7.03. The van der Waals surface area contributed by atoms with Gasteiger partial charge in [-0.3, -0.25) is 5.10 Å². The van der Waals surface area contributed by atoms with Crippen LogP contribution in [0.25, 0.3) is 55.7 Å². The number of rotatable bonds is 3. The van der Waals surface area contributed by atoms with Crippen molar-refractivity contribution in [2.75, 3.05) is 0 Å². The molecular formula is C25H19FN6O. The van der Waals surface area contributed by atoms with Crippen LogP contribution in [0.5, 0.6) is 5.75 Å². The molecule has 0 saturated carbocycles. The van der Waals surface area contributed by atoms with Gasteiger partial charge in [-0.1, -0.05) is 6.07 Å². The first-order valence-electron chi connectivity index (χ1n) is 10.4. The normalized spacial score (nSPS) is 11.6. The summed E-state index contributed by atoms with van der Waals surface area (Å²) in [6, 6.07) is 13.9. The number of hydrogen-bond donors (Lipinski definition) is 3. The standard InChI is InChI=1S/C25H19FN6O/c1-13-28-12-23(32(13)2)14-3-4-21-20(9-14)24(31-30-21)22-11-19-18(5-6-27-25(19)29-22)15-7-16(26)10-17(33)8-15/h3-12,33H,1-2H3,(H,27,29)(H,30,31). The number of hydrogen-bond acceptors (Lipinski definition) is 4. The fourth-order valence-electron chi connectivity index (χ4n) is 4.28. The minimum Gasteiger partial charge on any atom is -0.508 e. The lowest BCUT2D eigenvalue weighted by Gasteiger charge is -2.04. The highest BCUT2D eigenvalue weighted by molar-refractivity contribution is 6.00. The zero-order valence-corrected chi connectivity index (χ0v) is 17.9. The number of H-pyrrole nitrogens is 2.